The van der Waals surface area contributed by atoms with Gasteiger partial charge < -0.3 is 4.90 Å². The fraction of sp³-hybridized carbons (Fsp3) is 0.739. The summed E-state index contributed by atoms with van der Waals surface area (Å²) in [6.45, 7) is 4.15. The van der Waals surface area contributed by atoms with Crippen molar-refractivity contribution in [2.75, 3.05) is 19.6 Å². The smallest absolute Gasteiger partial charge is 0.0139 e. The fourth-order valence-electron chi connectivity index (χ4n) is 6.63. The highest BCUT2D eigenvalue weighted by Gasteiger charge is 2.45. The summed E-state index contributed by atoms with van der Waals surface area (Å²) in [5.74, 6) is 1.85. The fourth-order valence-corrected chi connectivity index (χ4v) is 6.63. The summed E-state index contributed by atoms with van der Waals surface area (Å²) in [7, 11) is 0. The molecule has 3 unspecified atom stereocenters. The molecule has 136 valence electrons. The van der Waals surface area contributed by atoms with Crippen LogP contribution in [0.25, 0.3) is 0 Å². The number of benzene rings is 1. The maximum atomic E-state index is 2.99. The van der Waals surface area contributed by atoms with E-state index in [2.05, 4.69) is 40.1 Å². The van der Waals surface area contributed by atoms with Crippen molar-refractivity contribution in [2.45, 2.75) is 75.9 Å². The van der Waals surface area contributed by atoms with Crippen molar-refractivity contribution in [1.29, 1.82) is 0 Å². The number of nitrogens with zero attached hydrogens (tertiary/aromatic N) is 2. The van der Waals surface area contributed by atoms with Crippen molar-refractivity contribution in [3.8, 4) is 0 Å². The zero-order chi connectivity index (χ0) is 16.6. The summed E-state index contributed by atoms with van der Waals surface area (Å²) in [4.78, 5) is 5.83. The monoisotopic (exact) mass is 338 g/mol. The molecule has 0 radical (unpaired) electrons. The topological polar surface area (TPSA) is 6.48 Å². The molecule has 0 bridgehead atoms. The molecule has 4 aliphatic rings. The van der Waals surface area contributed by atoms with Crippen LogP contribution in [0.15, 0.2) is 30.3 Å². The molecule has 5 rings (SSSR count). The Morgan fingerprint density at radius 1 is 0.840 bits per heavy atom. The zero-order valence-corrected chi connectivity index (χ0v) is 15.7. The normalized spacial score (nSPS) is 39.3. The molecule has 4 fully saturated rings. The van der Waals surface area contributed by atoms with E-state index in [0.29, 0.717) is 0 Å². The minimum absolute atomic E-state index is 0.886. The Morgan fingerprint density at radius 3 is 2.60 bits per heavy atom. The van der Waals surface area contributed by atoms with Crippen LogP contribution >= 0.6 is 0 Å². The molecule has 0 amide bonds. The molecule has 0 aliphatic carbocycles. The van der Waals surface area contributed by atoms with Crippen LogP contribution in [-0.4, -0.2) is 47.6 Å². The van der Waals surface area contributed by atoms with Gasteiger partial charge in [-0.25, -0.2) is 0 Å². The van der Waals surface area contributed by atoms with E-state index >= 15 is 0 Å². The molecule has 0 saturated carbocycles. The Bertz CT molecular complexity index is 557. The van der Waals surface area contributed by atoms with Gasteiger partial charge in [0.05, 0.1) is 0 Å². The standard InChI is InChI=1S/C23H34N2/c1-2-7-18(8-3-1)13-19-14-22-10-6-11-23(25(22)16-19)20-15-21-9-4-5-12-24(21)17-20/h1-3,7-8,19-23H,4-6,9-17H2/t19?,20?,21?,22-,23-/m0/s1. The lowest BCUT2D eigenvalue weighted by atomic mass is 9.86. The highest BCUT2D eigenvalue weighted by atomic mass is 15.3. The number of hydrogen-bond donors (Lipinski definition) is 0. The number of rotatable bonds is 3. The van der Waals surface area contributed by atoms with Gasteiger partial charge in [-0.3, -0.25) is 4.90 Å². The van der Waals surface area contributed by atoms with Gasteiger partial charge in [0.15, 0.2) is 0 Å². The molecule has 25 heavy (non-hydrogen) atoms. The number of fused-ring (bicyclic) bond motifs is 2. The first-order valence-corrected chi connectivity index (χ1v) is 10.9. The SMILES string of the molecule is c1ccc(CC2C[C@@H]3CCC[C@@H](C4CC5CCCCN5C4)N3C2)cc1. The highest BCUT2D eigenvalue weighted by Crippen LogP contribution is 2.42. The summed E-state index contributed by atoms with van der Waals surface area (Å²) in [6.07, 6.45) is 13.0. The molecule has 1 aromatic rings. The lowest BCUT2D eigenvalue weighted by molar-refractivity contribution is 0.0794. The molecule has 0 N–H and O–H groups in total. The summed E-state index contributed by atoms with van der Waals surface area (Å²) in [6, 6.07) is 13.9. The van der Waals surface area contributed by atoms with Crippen LogP contribution in [0.2, 0.25) is 0 Å². The molecule has 5 atom stereocenters. The summed E-state index contributed by atoms with van der Waals surface area (Å²) in [5, 5.41) is 0. The minimum Gasteiger partial charge on any atom is -0.300 e. The van der Waals surface area contributed by atoms with Crippen molar-refractivity contribution in [1.82, 2.24) is 9.80 Å². The first kappa shape index (κ1) is 16.3. The zero-order valence-electron chi connectivity index (χ0n) is 15.7. The second-order valence-electron chi connectivity index (χ2n) is 9.28. The van der Waals surface area contributed by atoms with E-state index < -0.39 is 0 Å². The average molecular weight is 339 g/mol. The van der Waals surface area contributed by atoms with E-state index in [4.69, 9.17) is 0 Å². The molecule has 0 spiro atoms. The van der Waals surface area contributed by atoms with Gasteiger partial charge in [0.1, 0.15) is 0 Å². The van der Waals surface area contributed by atoms with E-state index in [0.717, 1.165) is 30.0 Å². The van der Waals surface area contributed by atoms with E-state index in [1.54, 1.807) is 5.56 Å². The van der Waals surface area contributed by atoms with Gasteiger partial charge in [-0.1, -0.05) is 43.2 Å². The van der Waals surface area contributed by atoms with Gasteiger partial charge in [0, 0.05) is 31.2 Å². The van der Waals surface area contributed by atoms with Crippen LogP contribution < -0.4 is 0 Å². The van der Waals surface area contributed by atoms with Crippen LogP contribution in [-0.2, 0) is 6.42 Å². The van der Waals surface area contributed by atoms with Crippen molar-refractivity contribution < 1.29 is 0 Å². The van der Waals surface area contributed by atoms with Gasteiger partial charge in [0.25, 0.3) is 0 Å². The van der Waals surface area contributed by atoms with E-state index in [-0.39, 0.29) is 0 Å². The molecule has 1 aromatic carbocycles. The minimum atomic E-state index is 0.886. The van der Waals surface area contributed by atoms with Crippen LogP contribution in [0.4, 0.5) is 0 Å². The lowest BCUT2D eigenvalue weighted by Gasteiger charge is -2.41. The van der Waals surface area contributed by atoms with Crippen molar-refractivity contribution in [2.24, 2.45) is 11.8 Å². The third kappa shape index (κ3) is 3.28. The quantitative estimate of drug-likeness (QED) is 0.808. The maximum absolute atomic E-state index is 2.99. The Balaban J connectivity index is 1.25. The van der Waals surface area contributed by atoms with Crippen LogP contribution in [0.3, 0.4) is 0 Å². The molecule has 2 heteroatoms. The molecule has 4 aliphatic heterocycles. The number of hydrogen-bond acceptors (Lipinski definition) is 2. The third-order valence-corrected chi connectivity index (χ3v) is 7.71. The van der Waals surface area contributed by atoms with Crippen LogP contribution in [0, 0.1) is 11.8 Å². The van der Waals surface area contributed by atoms with Gasteiger partial charge in [-0.05, 0) is 68.9 Å². The Kier molecular flexibility index (Phi) is 4.60. The first-order valence-electron chi connectivity index (χ1n) is 10.9. The Hall–Kier alpha value is -0.860. The maximum Gasteiger partial charge on any atom is 0.0139 e. The largest absolute Gasteiger partial charge is 0.300 e. The molecule has 4 saturated heterocycles. The predicted octanol–water partition coefficient (Wildman–Crippen LogP) is 4.35. The Morgan fingerprint density at radius 2 is 1.72 bits per heavy atom. The van der Waals surface area contributed by atoms with Crippen LogP contribution in [0.5, 0.6) is 0 Å². The molecular formula is C23H34N2. The van der Waals surface area contributed by atoms with Crippen molar-refractivity contribution in [3.63, 3.8) is 0 Å². The van der Waals surface area contributed by atoms with Crippen LogP contribution in [0.1, 0.15) is 56.9 Å². The molecule has 0 aromatic heterocycles. The Labute approximate surface area is 153 Å². The molecule has 4 heterocycles. The first-order chi connectivity index (χ1) is 12.4. The van der Waals surface area contributed by atoms with Crippen molar-refractivity contribution in [3.05, 3.63) is 35.9 Å². The van der Waals surface area contributed by atoms with Crippen molar-refractivity contribution >= 4 is 0 Å². The molecule has 2 nitrogen and oxygen atoms in total. The second-order valence-corrected chi connectivity index (χ2v) is 9.28. The summed E-state index contributed by atoms with van der Waals surface area (Å²) in [5.41, 5.74) is 1.54. The number of piperidine rings is 2. The second kappa shape index (κ2) is 7.04. The van der Waals surface area contributed by atoms with E-state index in [1.165, 1.54) is 77.4 Å². The van der Waals surface area contributed by atoms with Gasteiger partial charge in [-0.2, -0.15) is 0 Å². The van der Waals surface area contributed by atoms with E-state index in [9.17, 15) is 0 Å². The van der Waals surface area contributed by atoms with E-state index in [1.807, 2.05) is 0 Å². The summed E-state index contributed by atoms with van der Waals surface area (Å²) < 4.78 is 0. The lowest BCUT2D eigenvalue weighted by Crippen LogP contribution is -2.47. The summed E-state index contributed by atoms with van der Waals surface area (Å²) >= 11 is 0. The van der Waals surface area contributed by atoms with Gasteiger partial charge in [0.2, 0.25) is 0 Å². The predicted molar refractivity (Wildman–Crippen MR) is 104 cm³/mol. The molecular weight excluding hydrogens is 304 g/mol. The highest BCUT2D eigenvalue weighted by molar-refractivity contribution is 5.16. The van der Waals surface area contributed by atoms with Gasteiger partial charge in [-0.15, -0.1) is 0 Å². The third-order valence-electron chi connectivity index (χ3n) is 7.71. The average Bonchev–Trinajstić information content (AvgIpc) is 3.25. The van der Waals surface area contributed by atoms with Gasteiger partial charge >= 0.3 is 0 Å².